The van der Waals surface area contributed by atoms with Crippen LogP contribution in [0.15, 0.2) is 42.6 Å². The predicted molar refractivity (Wildman–Crippen MR) is 110 cm³/mol. The number of pyridine rings is 1. The molecule has 1 N–H and O–H groups in total. The average Bonchev–Trinajstić information content (AvgIpc) is 3.04. The van der Waals surface area contributed by atoms with Crippen LogP contribution in [-0.4, -0.2) is 38.0 Å². The van der Waals surface area contributed by atoms with Gasteiger partial charge in [-0.3, -0.25) is 9.59 Å². The first-order valence-corrected chi connectivity index (χ1v) is 10.2. The van der Waals surface area contributed by atoms with Crippen molar-refractivity contribution in [3.63, 3.8) is 0 Å². The van der Waals surface area contributed by atoms with Gasteiger partial charge in [0.05, 0.1) is 6.54 Å². The number of carboxylic acids is 1. The molecule has 7 heteroatoms. The molecular formula is C23H24FN3O3. The summed E-state index contributed by atoms with van der Waals surface area (Å²) in [6, 6.07) is 10.5. The molecule has 4 rings (SSSR count). The first-order chi connectivity index (χ1) is 14.5. The van der Waals surface area contributed by atoms with Gasteiger partial charge in [0.1, 0.15) is 11.5 Å². The Kier molecular flexibility index (Phi) is 5.79. The molecule has 2 aromatic heterocycles. The Hall–Kier alpha value is -3.22. The minimum Gasteiger partial charge on any atom is -0.481 e. The van der Waals surface area contributed by atoms with Gasteiger partial charge in [-0.25, -0.2) is 9.37 Å². The van der Waals surface area contributed by atoms with Gasteiger partial charge in [-0.05, 0) is 54.7 Å². The second-order valence-electron chi connectivity index (χ2n) is 7.68. The highest BCUT2D eigenvalue weighted by molar-refractivity contribution is 5.84. The number of unbranched alkanes of at least 4 members (excludes halogenated alkanes) is 1. The summed E-state index contributed by atoms with van der Waals surface area (Å²) in [7, 11) is 0. The van der Waals surface area contributed by atoms with E-state index in [-0.39, 0.29) is 18.1 Å². The Labute approximate surface area is 173 Å². The summed E-state index contributed by atoms with van der Waals surface area (Å²) in [5, 5.41) is 9.83. The average molecular weight is 409 g/mol. The molecule has 0 saturated carbocycles. The molecule has 1 aromatic carbocycles. The van der Waals surface area contributed by atoms with Crippen molar-refractivity contribution in [3.05, 3.63) is 65.2 Å². The maximum absolute atomic E-state index is 13.7. The van der Waals surface area contributed by atoms with E-state index >= 15 is 0 Å². The van der Waals surface area contributed by atoms with Crippen LogP contribution in [0.4, 0.5) is 4.39 Å². The number of aliphatic carboxylic acids is 1. The van der Waals surface area contributed by atoms with Crippen molar-refractivity contribution < 1.29 is 19.1 Å². The van der Waals surface area contributed by atoms with E-state index in [2.05, 4.69) is 9.55 Å². The van der Waals surface area contributed by atoms with E-state index in [0.717, 1.165) is 28.7 Å². The maximum Gasteiger partial charge on any atom is 0.303 e. The first kappa shape index (κ1) is 20.1. The van der Waals surface area contributed by atoms with E-state index in [1.54, 1.807) is 12.3 Å². The molecule has 0 radical (unpaired) electrons. The molecule has 0 bridgehead atoms. The lowest BCUT2D eigenvalue weighted by Crippen LogP contribution is -2.36. The molecule has 1 aliphatic heterocycles. The van der Waals surface area contributed by atoms with E-state index in [9.17, 15) is 14.0 Å². The number of hydrogen-bond donors (Lipinski definition) is 1. The second kappa shape index (κ2) is 8.65. The highest BCUT2D eigenvalue weighted by Crippen LogP contribution is 2.31. The van der Waals surface area contributed by atoms with Crippen molar-refractivity contribution in [3.8, 4) is 0 Å². The van der Waals surface area contributed by atoms with Crippen LogP contribution < -0.4 is 0 Å². The normalized spacial score (nSPS) is 13.4. The molecule has 1 amide bonds. The van der Waals surface area contributed by atoms with Crippen LogP contribution in [0.2, 0.25) is 0 Å². The lowest BCUT2D eigenvalue weighted by molar-refractivity contribution is -0.137. The van der Waals surface area contributed by atoms with Gasteiger partial charge in [-0.2, -0.15) is 0 Å². The maximum atomic E-state index is 13.7. The molecule has 3 aromatic rings. The number of carbonyl (C=O) groups excluding carboxylic acids is 1. The fourth-order valence-corrected chi connectivity index (χ4v) is 4.17. The zero-order valence-corrected chi connectivity index (χ0v) is 16.7. The molecular weight excluding hydrogens is 385 g/mol. The molecule has 0 saturated heterocycles. The zero-order valence-electron chi connectivity index (χ0n) is 16.7. The highest BCUT2D eigenvalue weighted by Gasteiger charge is 2.27. The van der Waals surface area contributed by atoms with Crippen molar-refractivity contribution >= 4 is 22.9 Å². The van der Waals surface area contributed by atoms with Crippen LogP contribution in [0.3, 0.4) is 0 Å². The summed E-state index contributed by atoms with van der Waals surface area (Å²) >= 11 is 0. The fourth-order valence-electron chi connectivity index (χ4n) is 4.17. The Morgan fingerprint density at radius 1 is 1.13 bits per heavy atom. The van der Waals surface area contributed by atoms with Gasteiger partial charge in [-0.1, -0.05) is 12.1 Å². The number of halogens is 1. The number of hydrogen-bond acceptors (Lipinski definition) is 3. The SMILES string of the molecule is O=C(O)CCCCC(=O)N1CCc2c(n(Cc3cccc(F)c3)c3ncccc23)C1. The number of carboxylic acid groups (broad SMARTS) is 1. The third-order valence-electron chi connectivity index (χ3n) is 5.63. The number of aromatic nitrogens is 2. The number of fused-ring (bicyclic) bond motifs is 3. The summed E-state index contributed by atoms with van der Waals surface area (Å²) in [5.41, 5.74) is 3.93. The molecule has 1 aliphatic rings. The Balaban J connectivity index is 1.58. The smallest absolute Gasteiger partial charge is 0.303 e. The third-order valence-corrected chi connectivity index (χ3v) is 5.63. The Morgan fingerprint density at radius 3 is 2.77 bits per heavy atom. The Bertz CT molecular complexity index is 1090. The van der Waals surface area contributed by atoms with E-state index in [1.165, 1.54) is 17.7 Å². The quantitative estimate of drug-likeness (QED) is 0.603. The van der Waals surface area contributed by atoms with Gasteiger partial charge < -0.3 is 14.6 Å². The van der Waals surface area contributed by atoms with Crippen molar-refractivity contribution in [1.29, 1.82) is 0 Å². The minimum absolute atomic E-state index is 0.0431. The summed E-state index contributed by atoms with van der Waals surface area (Å²) < 4.78 is 15.8. The largest absolute Gasteiger partial charge is 0.481 e. The van der Waals surface area contributed by atoms with Gasteiger partial charge in [0.25, 0.3) is 0 Å². The van der Waals surface area contributed by atoms with Crippen molar-refractivity contribution in [2.24, 2.45) is 0 Å². The van der Waals surface area contributed by atoms with Crippen LogP contribution >= 0.6 is 0 Å². The number of nitrogens with zero attached hydrogens (tertiary/aromatic N) is 3. The van der Waals surface area contributed by atoms with Crippen LogP contribution in [0.25, 0.3) is 11.0 Å². The first-order valence-electron chi connectivity index (χ1n) is 10.2. The van der Waals surface area contributed by atoms with E-state index in [4.69, 9.17) is 5.11 Å². The monoisotopic (exact) mass is 409 g/mol. The standard InChI is InChI=1S/C23H24FN3O3/c24-17-6-3-5-16(13-17)14-27-20-15-26(21(28)8-1-2-9-22(29)30)12-10-18(20)19-7-4-11-25-23(19)27/h3-7,11,13H,1-2,8-10,12,14-15H2,(H,29,30). The molecule has 3 heterocycles. The molecule has 30 heavy (non-hydrogen) atoms. The lowest BCUT2D eigenvalue weighted by Gasteiger charge is -2.28. The highest BCUT2D eigenvalue weighted by atomic mass is 19.1. The van der Waals surface area contributed by atoms with Gasteiger partial charge in [0, 0.05) is 43.2 Å². The van der Waals surface area contributed by atoms with E-state index < -0.39 is 5.97 Å². The molecule has 6 nitrogen and oxygen atoms in total. The van der Waals surface area contributed by atoms with Crippen LogP contribution in [0.5, 0.6) is 0 Å². The summed E-state index contributed by atoms with van der Waals surface area (Å²) in [6.45, 7) is 1.61. The molecule has 0 aliphatic carbocycles. The van der Waals surface area contributed by atoms with Crippen molar-refractivity contribution in [1.82, 2.24) is 14.5 Å². The zero-order chi connectivity index (χ0) is 21.1. The fraction of sp³-hybridized carbons (Fsp3) is 0.348. The second-order valence-corrected chi connectivity index (χ2v) is 7.68. The topological polar surface area (TPSA) is 75.4 Å². The molecule has 156 valence electrons. The molecule has 0 atom stereocenters. The van der Waals surface area contributed by atoms with Gasteiger partial charge >= 0.3 is 5.97 Å². The van der Waals surface area contributed by atoms with Crippen LogP contribution in [0.1, 0.15) is 42.5 Å². The summed E-state index contributed by atoms with van der Waals surface area (Å²) in [4.78, 5) is 29.7. The third kappa shape index (κ3) is 4.20. The predicted octanol–water partition coefficient (Wildman–Crippen LogP) is 3.75. The Morgan fingerprint density at radius 2 is 1.97 bits per heavy atom. The molecule has 0 fully saturated rings. The lowest BCUT2D eigenvalue weighted by atomic mass is 10.0. The van der Waals surface area contributed by atoms with Gasteiger partial charge in [0.15, 0.2) is 0 Å². The molecule has 0 unspecified atom stereocenters. The molecule has 0 spiro atoms. The summed E-state index contributed by atoms with van der Waals surface area (Å²) in [6.07, 6.45) is 4.01. The van der Waals surface area contributed by atoms with Gasteiger partial charge in [0.2, 0.25) is 5.91 Å². The van der Waals surface area contributed by atoms with E-state index in [0.29, 0.717) is 38.9 Å². The van der Waals surface area contributed by atoms with Crippen molar-refractivity contribution in [2.45, 2.75) is 45.2 Å². The number of amides is 1. The van der Waals surface area contributed by atoms with Crippen LogP contribution in [0, 0.1) is 5.82 Å². The van der Waals surface area contributed by atoms with Crippen LogP contribution in [-0.2, 0) is 29.1 Å². The minimum atomic E-state index is -0.834. The number of carbonyl (C=O) groups is 2. The van der Waals surface area contributed by atoms with Crippen molar-refractivity contribution in [2.75, 3.05) is 6.54 Å². The summed E-state index contributed by atoms with van der Waals surface area (Å²) in [5.74, 6) is -1.06. The van der Waals surface area contributed by atoms with Gasteiger partial charge in [-0.15, -0.1) is 0 Å². The number of benzene rings is 1. The number of rotatable bonds is 7. The van der Waals surface area contributed by atoms with E-state index in [1.807, 2.05) is 23.1 Å².